The Bertz CT molecular complexity index is 1360. The molecule has 73 heavy (non-hydrogen) atoms. The number of hydrogen-bond acceptors (Lipinski definition) is 6. The summed E-state index contributed by atoms with van der Waals surface area (Å²) in [6.07, 6.45) is 78.9. The van der Waals surface area contributed by atoms with Gasteiger partial charge in [-0.25, -0.2) is 0 Å². The van der Waals surface area contributed by atoms with Crippen molar-refractivity contribution in [2.45, 2.75) is 322 Å². The van der Waals surface area contributed by atoms with Crippen LogP contribution in [0.5, 0.6) is 0 Å². The van der Waals surface area contributed by atoms with Crippen molar-refractivity contribution in [3.63, 3.8) is 0 Å². The number of esters is 3. The highest BCUT2D eigenvalue weighted by molar-refractivity contribution is 5.71. The minimum Gasteiger partial charge on any atom is -0.462 e. The molecule has 0 aromatic carbocycles. The Labute approximate surface area is 453 Å². The van der Waals surface area contributed by atoms with Gasteiger partial charge >= 0.3 is 17.9 Å². The van der Waals surface area contributed by atoms with E-state index < -0.39 is 6.10 Å². The Morgan fingerprint density at radius 3 is 0.795 bits per heavy atom. The van der Waals surface area contributed by atoms with Crippen molar-refractivity contribution in [3.8, 4) is 0 Å². The standard InChI is InChI=1S/C67H118O6/c1-4-7-10-13-16-19-22-25-28-31-33-34-35-37-39-42-45-48-51-54-57-60-66(69)72-63-64(62-71-65(68)59-56-53-50-47-44-41-38-30-27-24-21-18-15-12-9-6-3)73-67(70)61-58-55-52-49-46-43-40-36-32-29-26-23-20-17-14-11-8-5-2/h21-22,24-25,29-33,35,37-38,64H,4-20,23,26-28,34,36,39-63H2,1-3H3/b24-21-,25-22-,32-29-,33-31-,37-35-,38-30-. The average Bonchev–Trinajstić information content (AvgIpc) is 3.39. The molecule has 0 bridgehead atoms. The molecule has 0 aromatic heterocycles. The third-order valence-electron chi connectivity index (χ3n) is 13.7. The van der Waals surface area contributed by atoms with Gasteiger partial charge in [-0.05, 0) is 116 Å². The van der Waals surface area contributed by atoms with Gasteiger partial charge in [0.15, 0.2) is 6.10 Å². The molecule has 0 amide bonds. The van der Waals surface area contributed by atoms with Crippen molar-refractivity contribution in [1.29, 1.82) is 0 Å². The molecule has 0 rings (SSSR count). The van der Waals surface area contributed by atoms with E-state index in [1.54, 1.807) is 0 Å². The number of ether oxygens (including phenoxy) is 3. The Morgan fingerprint density at radius 2 is 0.493 bits per heavy atom. The van der Waals surface area contributed by atoms with Gasteiger partial charge in [0.05, 0.1) is 0 Å². The predicted octanol–water partition coefficient (Wildman–Crippen LogP) is 21.3. The largest absolute Gasteiger partial charge is 0.462 e. The van der Waals surface area contributed by atoms with E-state index in [1.807, 2.05) is 0 Å². The van der Waals surface area contributed by atoms with E-state index in [4.69, 9.17) is 14.2 Å². The number of rotatable bonds is 57. The second-order valence-corrected chi connectivity index (χ2v) is 21.0. The molecule has 0 spiro atoms. The lowest BCUT2D eigenvalue weighted by Gasteiger charge is -2.18. The van der Waals surface area contributed by atoms with Crippen LogP contribution < -0.4 is 0 Å². The predicted molar refractivity (Wildman–Crippen MR) is 316 cm³/mol. The number of carbonyl (C=O) groups is 3. The SMILES string of the molecule is CCCCCC/C=C\C/C=C\CCCCCCCC(=O)OCC(COC(=O)CCCCCCCC/C=C\C/C=C\C/C=C\CCCCCCC)OC(=O)CCCCCCCCC/C=C\CCCCCCCCC. The molecule has 1 unspecified atom stereocenters. The number of hydrogen-bond donors (Lipinski definition) is 0. The van der Waals surface area contributed by atoms with Gasteiger partial charge in [-0.3, -0.25) is 14.4 Å². The maximum atomic E-state index is 12.9. The molecule has 0 aliphatic rings. The average molecular weight is 1020 g/mol. The van der Waals surface area contributed by atoms with Gasteiger partial charge in [0, 0.05) is 19.3 Å². The first-order chi connectivity index (χ1) is 36.0. The van der Waals surface area contributed by atoms with Crippen molar-refractivity contribution in [1.82, 2.24) is 0 Å². The van der Waals surface area contributed by atoms with Crippen LogP contribution in [0.3, 0.4) is 0 Å². The molecule has 0 aromatic rings. The molecular formula is C67H118O6. The third-order valence-corrected chi connectivity index (χ3v) is 13.7. The summed E-state index contributed by atoms with van der Waals surface area (Å²) >= 11 is 0. The molecule has 0 radical (unpaired) electrons. The molecule has 6 heteroatoms. The molecular weight excluding hydrogens is 901 g/mol. The van der Waals surface area contributed by atoms with E-state index in [0.29, 0.717) is 19.3 Å². The Hall–Kier alpha value is -3.15. The minimum absolute atomic E-state index is 0.0877. The lowest BCUT2D eigenvalue weighted by molar-refractivity contribution is -0.167. The lowest BCUT2D eigenvalue weighted by atomic mass is 10.1. The molecule has 6 nitrogen and oxygen atoms in total. The number of allylic oxidation sites excluding steroid dienone is 12. The van der Waals surface area contributed by atoms with Crippen LogP contribution in [-0.4, -0.2) is 37.2 Å². The monoisotopic (exact) mass is 1020 g/mol. The van der Waals surface area contributed by atoms with Crippen LogP contribution in [0, 0.1) is 0 Å². The van der Waals surface area contributed by atoms with Crippen molar-refractivity contribution in [2.24, 2.45) is 0 Å². The molecule has 0 heterocycles. The first kappa shape index (κ1) is 69.8. The van der Waals surface area contributed by atoms with Gasteiger partial charge in [-0.2, -0.15) is 0 Å². The fourth-order valence-corrected chi connectivity index (χ4v) is 8.89. The quantitative estimate of drug-likeness (QED) is 0.0261. The summed E-state index contributed by atoms with van der Waals surface area (Å²) in [4.78, 5) is 38.3. The lowest BCUT2D eigenvalue weighted by Crippen LogP contribution is -2.30. The van der Waals surface area contributed by atoms with Crippen LogP contribution in [0.2, 0.25) is 0 Å². The molecule has 0 saturated heterocycles. The highest BCUT2D eigenvalue weighted by atomic mass is 16.6. The van der Waals surface area contributed by atoms with Crippen LogP contribution in [0.25, 0.3) is 0 Å². The highest BCUT2D eigenvalue weighted by Crippen LogP contribution is 2.15. The van der Waals surface area contributed by atoms with Gasteiger partial charge in [0.2, 0.25) is 0 Å². The summed E-state index contributed by atoms with van der Waals surface area (Å²) in [7, 11) is 0. The van der Waals surface area contributed by atoms with E-state index in [2.05, 4.69) is 93.7 Å². The summed E-state index contributed by atoms with van der Waals surface area (Å²) in [5.41, 5.74) is 0. The van der Waals surface area contributed by atoms with Gasteiger partial charge < -0.3 is 14.2 Å². The van der Waals surface area contributed by atoms with Gasteiger partial charge in [-0.15, -0.1) is 0 Å². The van der Waals surface area contributed by atoms with Gasteiger partial charge in [0.1, 0.15) is 13.2 Å². The molecule has 0 aliphatic carbocycles. The maximum absolute atomic E-state index is 12.9. The third kappa shape index (κ3) is 59.6. The Morgan fingerprint density at radius 1 is 0.274 bits per heavy atom. The van der Waals surface area contributed by atoms with Crippen LogP contribution in [0.1, 0.15) is 316 Å². The molecule has 0 aliphatic heterocycles. The summed E-state index contributed by atoms with van der Waals surface area (Å²) in [6, 6.07) is 0. The highest BCUT2D eigenvalue weighted by Gasteiger charge is 2.19. The topological polar surface area (TPSA) is 78.9 Å². The Balaban J connectivity index is 4.42. The van der Waals surface area contributed by atoms with E-state index in [9.17, 15) is 14.4 Å². The van der Waals surface area contributed by atoms with Crippen molar-refractivity contribution < 1.29 is 28.6 Å². The van der Waals surface area contributed by atoms with Crippen molar-refractivity contribution in [3.05, 3.63) is 72.9 Å². The normalized spacial score (nSPS) is 12.5. The molecule has 0 saturated carbocycles. The van der Waals surface area contributed by atoms with Crippen molar-refractivity contribution >= 4 is 17.9 Å². The van der Waals surface area contributed by atoms with Gasteiger partial charge in [-0.1, -0.05) is 254 Å². The Kier molecular flexibility index (Phi) is 58.7. The smallest absolute Gasteiger partial charge is 0.306 e. The van der Waals surface area contributed by atoms with Crippen molar-refractivity contribution in [2.75, 3.05) is 13.2 Å². The fourth-order valence-electron chi connectivity index (χ4n) is 8.89. The maximum Gasteiger partial charge on any atom is 0.306 e. The molecule has 0 N–H and O–H groups in total. The summed E-state index contributed by atoms with van der Waals surface area (Å²) in [5, 5.41) is 0. The zero-order chi connectivity index (χ0) is 52.9. The van der Waals surface area contributed by atoms with Crippen LogP contribution in [0.4, 0.5) is 0 Å². The molecule has 1 atom stereocenters. The zero-order valence-corrected chi connectivity index (χ0v) is 48.4. The number of unbranched alkanes of at least 4 members (excludes halogenated alkanes) is 34. The molecule has 422 valence electrons. The fraction of sp³-hybridized carbons (Fsp3) is 0.776. The minimum atomic E-state index is -0.790. The molecule has 0 fully saturated rings. The second-order valence-electron chi connectivity index (χ2n) is 21.0. The zero-order valence-electron chi connectivity index (χ0n) is 48.4. The summed E-state index contributed by atoms with van der Waals surface area (Å²) in [6.45, 7) is 6.61. The van der Waals surface area contributed by atoms with E-state index >= 15 is 0 Å². The number of carbonyl (C=O) groups excluding carboxylic acids is 3. The summed E-state index contributed by atoms with van der Waals surface area (Å²) < 4.78 is 16.9. The van der Waals surface area contributed by atoms with Gasteiger partial charge in [0.25, 0.3) is 0 Å². The van der Waals surface area contributed by atoms with Crippen LogP contribution in [0.15, 0.2) is 72.9 Å². The second kappa shape index (κ2) is 61.4. The van der Waals surface area contributed by atoms with E-state index in [0.717, 1.165) is 96.3 Å². The van der Waals surface area contributed by atoms with Crippen LogP contribution >= 0.6 is 0 Å². The van der Waals surface area contributed by atoms with Crippen LogP contribution in [-0.2, 0) is 28.6 Å². The summed E-state index contributed by atoms with van der Waals surface area (Å²) in [5.74, 6) is -0.905. The van der Waals surface area contributed by atoms with E-state index in [1.165, 1.54) is 180 Å². The first-order valence-electron chi connectivity index (χ1n) is 31.4. The first-order valence-corrected chi connectivity index (χ1v) is 31.4. The van der Waals surface area contributed by atoms with E-state index in [-0.39, 0.29) is 31.1 Å².